The average Bonchev–Trinajstić information content (AvgIpc) is 3.26. The topological polar surface area (TPSA) is 32.3 Å². The summed E-state index contributed by atoms with van der Waals surface area (Å²) < 4.78 is 28.1. The molecule has 4 aromatic rings. The summed E-state index contributed by atoms with van der Waals surface area (Å²) in [6, 6.07) is 15.1. The maximum absolute atomic E-state index is 13.5. The second kappa shape index (κ2) is 8.08. The lowest BCUT2D eigenvalue weighted by Gasteiger charge is -2.40. The van der Waals surface area contributed by atoms with Gasteiger partial charge in [0.05, 0.1) is 16.3 Å². The minimum absolute atomic E-state index is 0.0551. The van der Waals surface area contributed by atoms with Crippen LogP contribution in [0.3, 0.4) is 0 Å². The van der Waals surface area contributed by atoms with Crippen LogP contribution in [0.5, 0.6) is 0 Å². The summed E-state index contributed by atoms with van der Waals surface area (Å²) in [6.45, 7) is 3.28. The van der Waals surface area contributed by atoms with Gasteiger partial charge in [-0.15, -0.1) is 11.3 Å². The highest BCUT2D eigenvalue weighted by Crippen LogP contribution is 2.32. The number of fused-ring (bicyclic) bond motifs is 1. The molecular weight excluding hydrogens is 402 g/mol. The third-order valence-corrected chi connectivity index (χ3v) is 6.47. The first kappa shape index (κ1) is 19.1. The second-order valence-electron chi connectivity index (χ2n) is 7.36. The molecule has 1 aliphatic rings. The Labute approximate surface area is 177 Å². The first-order valence-electron chi connectivity index (χ1n) is 9.87. The molecule has 2 aromatic carbocycles. The van der Waals surface area contributed by atoms with Crippen molar-refractivity contribution in [3.05, 3.63) is 89.1 Å². The molecule has 2 aromatic heterocycles. The zero-order valence-electron chi connectivity index (χ0n) is 16.2. The Morgan fingerprint density at radius 2 is 1.37 bits per heavy atom. The molecule has 152 valence electrons. The number of anilines is 1. The van der Waals surface area contributed by atoms with Gasteiger partial charge in [0.1, 0.15) is 23.8 Å². The van der Waals surface area contributed by atoms with Crippen molar-refractivity contribution in [1.29, 1.82) is 0 Å². The lowest BCUT2D eigenvalue weighted by atomic mass is 9.96. The predicted octanol–water partition coefficient (Wildman–Crippen LogP) is 4.88. The van der Waals surface area contributed by atoms with E-state index in [2.05, 4.69) is 19.8 Å². The molecule has 0 amide bonds. The minimum Gasteiger partial charge on any atom is -0.353 e. The molecule has 4 nitrogen and oxygen atoms in total. The van der Waals surface area contributed by atoms with Crippen molar-refractivity contribution in [2.75, 3.05) is 31.1 Å². The molecule has 1 saturated heterocycles. The standard InChI is InChI=1S/C23H20F2N4S/c24-18-5-1-16(2-6-18)21(17-3-7-19(25)8-4-17)28-10-12-29(13-11-28)23-22-20(9-14-30-22)26-15-27-23/h1-9,14-15,21H,10-13H2. The highest BCUT2D eigenvalue weighted by molar-refractivity contribution is 7.17. The monoisotopic (exact) mass is 422 g/mol. The third kappa shape index (κ3) is 3.66. The highest BCUT2D eigenvalue weighted by Gasteiger charge is 2.28. The van der Waals surface area contributed by atoms with Gasteiger partial charge in [0, 0.05) is 26.2 Å². The van der Waals surface area contributed by atoms with Gasteiger partial charge in [-0.05, 0) is 46.8 Å². The molecule has 3 heterocycles. The Balaban J connectivity index is 1.41. The van der Waals surface area contributed by atoms with Gasteiger partial charge in [0.15, 0.2) is 0 Å². The summed E-state index contributed by atoms with van der Waals surface area (Å²) >= 11 is 1.66. The minimum atomic E-state index is -0.259. The third-order valence-electron chi connectivity index (χ3n) is 5.57. The van der Waals surface area contributed by atoms with E-state index in [0.29, 0.717) is 0 Å². The predicted molar refractivity (Wildman–Crippen MR) is 116 cm³/mol. The van der Waals surface area contributed by atoms with Crippen molar-refractivity contribution in [1.82, 2.24) is 14.9 Å². The van der Waals surface area contributed by atoms with Gasteiger partial charge in [-0.2, -0.15) is 0 Å². The van der Waals surface area contributed by atoms with E-state index in [4.69, 9.17) is 0 Å². The number of thiophene rings is 1. The van der Waals surface area contributed by atoms with Crippen molar-refractivity contribution in [2.45, 2.75) is 6.04 Å². The van der Waals surface area contributed by atoms with Gasteiger partial charge in [-0.1, -0.05) is 24.3 Å². The maximum Gasteiger partial charge on any atom is 0.150 e. The SMILES string of the molecule is Fc1ccc(C(c2ccc(F)cc2)N2CCN(c3ncnc4ccsc34)CC2)cc1. The maximum atomic E-state index is 13.5. The second-order valence-corrected chi connectivity index (χ2v) is 8.28. The number of hydrogen-bond donors (Lipinski definition) is 0. The molecule has 0 radical (unpaired) electrons. The van der Waals surface area contributed by atoms with Gasteiger partial charge in [0.25, 0.3) is 0 Å². The molecule has 0 N–H and O–H groups in total. The summed E-state index contributed by atoms with van der Waals surface area (Å²) in [6.07, 6.45) is 1.62. The quantitative estimate of drug-likeness (QED) is 0.469. The van der Waals surface area contributed by atoms with Gasteiger partial charge in [-0.25, -0.2) is 18.7 Å². The van der Waals surface area contributed by atoms with Crippen LogP contribution in [-0.2, 0) is 0 Å². The summed E-state index contributed by atoms with van der Waals surface area (Å²) in [5.41, 5.74) is 2.97. The molecule has 0 saturated carbocycles. The van der Waals surface area contributed by atoms with E-state index in [1.165, 1.54) is 24.3 Å². The van der Waals surface area contributed by atoms with Crippen LogP contribution in [0.25, 0.3) is 10.2 Å². The first-order chi connectivity index (χ1) is 14.7. The van der Waals surface area contributed by atoms with E-state index in [9.17, 15) is 8.78 Å². The lowest BCUT2D eigenvalue weighted by Crippen LogP contribution is -2.48. The van der Waals surface area contributed by atoms with Crippen molar-refractivity contribution >= 4 is 27.4 Å². The number of halogens is 2. The fourth-order valence-corrected chi connectivity index (χ4v) is 4.96. The molecular formula is C23H20F2N4S. The molecule has 0 bridgehead atoms. The normalized spacial score (nSPS) is 15.2. The molecule has 30 heavy (non-hydrogen) atoms. The number of aromatic nitrogens is 2. The Morgan fingerprint density at radius 1 is 0.767 bits per heavy atom. The van der Waals surface area contributed by atoms with Crippen LogP contribution in [0.4, 0.5) is 14.6 Å². The van der Waals surface area contributed by atoms with Crippen LogP contribution in [0.15, 0.2) is 66.3 Å². The molecule has 5 rings (SSSR count). The number of rotatable bonds is 4. The van der Waals surface area contributed by atoms with Gasteiger partial charge >= 0.3 is 0 Å². The fraction of sp³-hybridized carbons (Fsp3) is 0.217. The van der Waals surface area contributed by atoms with Crippen LogP contribution in [0, 0.1) is 11.6 Å². The van der Waals surface area contributed by atoms with E-state index in [-0.39, 0.29) is 17.7 Å². The smallest absolute Gasteiger partial charge is 0.150 e. The first-order valence-corrected chi connectivity index (χ1v) is 10.7. The van der Waals surface area contributed by atoms with Crippen molar-refractivity contribution in [3.63, 3.8) is 0 Å². The highest BCUT2D eigenvalue weighted by atomic mass is 32.1. The molecule has 0 aliphatic carbocycles. The molecule has 0 spiro atoms. The van der Waals surface area contributed by atoms with Gasteiger partial charge in [-0.3, -0.25) is 4.90 Å². The Kier molecular flexibility index (Phi) is 5.14. The number of piperazine rings is 1. The van der Waals surface area contributed by atoms with Crippen molar-refractivity contribution < 1.29 is 8.78 Å². The Morgan fingerprint density at radius 3 is 1.97 bits per heavy atom. The summed E-state index contributed by atoms with van der Waals surface area (Å²) in [7, 11) is 0. The van der Waals surface area contributed by atoms with Crippen LogP contribution in [-0.4, -0.2) is 41.0 Å². The summed E-state index contributed by atoms with van der Waals surface area (Å²) in [4.78, 5) is 13.5. The molecule has 1 fully saturated rings. The van der Waals surface area contributed by atoms with Crippen LogP contribution in [0.1, 0.15) is 17.2 Å². The van der Waals surface area contributed by atoms with Crippen LogP contribution in [0.2, 0.25) is 0 Å². The van der Waals surface area contributed by atoms with Crippen molar-refractivity contribution in [2.24, 2.45) is 0 Å². The van der Waals surface area contributed by atoms with Crippen molar-refractivity contribution in [3.8, 4) is 0 Å². The zero-order valence-corrected chi connectivity index (χ0v) is 17.0. The molecule has 1 aliphatic heterocycles. The van der Waals surface area contributed by atoms with E-state index >= 15 is 0 Å². The lowest BCUT2D eigenvalue weighted by molar-refractivity contribution is 0.212. The van der Waals surface area contributed by atoms with Gasteiger partial charge in [0.2, 0.25) is 0 Å². The van der Waals surface area contributed by atoms with Crippen LogP contribution < -0.4 is 4.90 Å². The molecule has 7 heteroatoms. The Hall–Kier alpha value is -2.90. The number of hydrogen-bond acceptors (Lipinski definition) is 5. The number of nitrogens with zero attached hydrogens (tertiary/aromatic N) is 4. The van der Waals surface area contributed by atoms with E-state index < -0.39 is 0 Å². The summed E-state index contributed by atoms with van der Waals surface area (Å²) in [5.74, 6) is 0.463. The van der Waals surface area contributed by atoms with Crippen LogP contribution >= 0.6 is 11.3 Å². The van der Waals surface area contributed by atoms with E-state index in [1.54, 1.807) is 17.7 Å². The average molecular weight is 423 g/mol. The van der Waals surface area contributed by atoms with Gasteiger partial charge < -0.3 is 4.90 Å². The largest absolute Gasteiger partial charge is 0.353 e. The zero-order chi connectivity index (χ0) is 20.5. The molecule has 0 unspecified atom stereocenters. The van der Waals surface area contributed by atoms with E-state index in [1.807, 2.05) is 35.7 Å². The Bertz CT molecular complexity index is 1090. The van der Waals surface area contributed by atoms with E-state index in [0.717, 1.165) is 53.3 Å². The number of benzene rings is 2. The fourth-order valence-electron chi connectivity index (χ4n) is 4.10. The summed E-state index contributed by atoms with van der Waals surface area (Å²) in [5, 5.41) is 2.04. The molecule has 0 atom stereocenters.